The highest BCUT2D eigenvalue weighted by atomic mass is 32.2. The van der Waals surface area contributed by atoms with Crippen molar-refractivity contribution in [3.63, 3.8) is 0 Å². The largest absolute Gasteiger partial charge is 0.326 e. The minimum Gasteiger partial charge on any atom is -0.326 e. The third kappa shape index (κ3) is 3.89. The first-order valence-electron chi connectivity index (χ1n) is 7.78. The number of nitrogens with one attached hydrogen (secondary N) is 2. The summed E-state index contributed by atoms with van der Waals surface area (Å²) in [5, 5.41) is 2.62. The molecule has 4 rings (SSSR count). The summed E-state index contributed by atoms with van der Waals surface area (Å²) < 4.78 is 27.5. The second kappa shape index (κ2) is 6.56. The minimum atomic E-state index is -3.53. The topological polar surface area (TPSA) is 81.7 Å². The average Bonchev–Trinajstić information content (AvgIpc) is 2.54. The number of piperazine rings is 3. The molecule has 23 heavy (non-hydrogen) atoms. The molecule has 1 aromatic carbocycles. The monoisotopic (exact) mass is 338 g/mol. The molecule has 0 aromatic heterocycles. The van der Waals surface area contributed by atoms with Crippen LogP contribution in [0, 0.1) is 0 Å². The van der Waals surface area contributed by atoms with E-state index in [0.717, 1.165) is 32.7 Å². The molecule has 0 spiro atoms. The lowest BCUT2D eigenvalue weighted by Gasteiger charge is -2.47. The van der Waals surface area contributed by atoms with Gasteiger partial charge in [-0.15, -0.1) is 0 Å². The fraction of sp³-hybridized carbons (Fsp3) is 0.533. The van der Waals surface area contributed by atoms with Crippen molar-refractivity contribution in [2.75, 3.05) is 44.6 Å². The Morgan fingerprint density at radius 3 is 2.35 bits per heavy atom. The van der Waals surface area contributed by atoms with Crippen LogP contribution in [0.2, 0.25) is 0 Å². The highest BCUT2D eigenvalue weighted by molar-refractivity contribution is 7.89. The molecule has 1 unspecified atom stereocenters. The molecule has 0 radical (unpaired) electrons. The van der Waals surface area contributed by atoms with Crippen molar-refractivity contribution in [3.8, 4) is 0 Å². The van der Waals surface area contributed by atoms with Crippen LogP contribution in [0.25, 0.3) is 0 Å². The molecule has 3 heterocycles. The number of anilines is 1. The summed E-state index contributed by atoms with van der Waals surface area (Å²) in [6, 6.07) is 6.43. The molecule has 3 fully saturated rings. The van der Waals surface area contributed by atoms with E-state index >= 15 is 0 Å². The quantitative estimate of drug-likeness (QED) is 0.785. The standard InChI is InChI=1S/C15H22N4O3S/c1-12(20)17-13-2-4-15(5-3-13)23(21,22)16-10-14-11-18-6-8-19(14)9-7-18/h2-5,14,16H,6-11H2,1H3,(H,17,20). The molecule has 1 amide bonds. The number of fused-ring (bicyclic) bond motifs is 3. The van der Waals surface area contributed by atoms with Crippen LogP contribution in [0.4, 0.5) is 5.69 Å². The zero-order valence-electron chi connectivity index (χ0n) is 13.2. The molecule has 1 atom stereocenters. The van der Waals surface area contributed by atoms with E-state index < -0.39 is 10.0 Å². The lowest BCUT2D eigenvalue weighted by Crippen LogP contribution is -2.63. The smallest absolute Gasteiger partial charge is 0.240 e. The maximum absolute atomic E-state index is 12.4. The van der Waals surface area contributed by atoms with Crippen molar-refractivity contribution >= 4 is 21.6 Å². The zero-order valence-corrected chi connectivity index (χ0v) is 14.0. The number of sulfonamides is 1. The molecule has 3 aliphatic rings. The number of carbonyl (C=O) groups is 1. The van der Waals surface area contributed by atoms with Crippen molar-refractivity contribution in [2.45, 2.75) is 17.9 Å². The van der Waals surface area contributed by atoms with Gasteiger partial charge >= 0.3 is 0 Å². The minimum absolute atomic E-state index is 0.185. The highest BCUT2D eigenvalue weighted by Gasteiger charge is 2.32. The van der Waals surface area contributed by atoms with Crippen molar-refractivity contribution in [3.05, 3.63) is 24.3 Å². The second-order valence-corrected chi connectivity index (χ2v) is 7.81. The Bertz CT molecular complexity index is 666. The van der Waals surface area contributed by atoms with Gasteiger partial charge in [0.05, 0.1) is 4.90 Å². The van der Waals surface area contributed by atoms with Crippen molar-refractivity contribution < 1.29 is 13.2 Å². The molecule has 0 aliphatic carbocycles. The highest BCUT2D eigenvalue weighted by Crippen LogP contribution is 2.17. The van der Waals surface area contributed by atoms with Crippen molar-refractivity contribution in [1.29, 1.82) is 0 Å². The number of benzene rings is 1. The predicted octanol–water partition coefficient (Wildman–Crippen LogP) is -0.0769. The Balaban J connectivity index is 1.61. The fourth-order valence-electron chi connectivity index (χ4n) is 3.13. The third-order valence-corrected chi connectivity index (χ3v) is 5.83. The Labute approximate surface area is 136 Å². The first-order chi connectivity index (χ1) is 10.9. The molecule has 8 heteroatoms. The Kier molecular flexibility index (Phi) is 4.67. The molecule has 1 aromatic rings. The van der Waals surface area contributed by atoms with Gasteiger partial charge in [-0.2, -0.15) is 0 Å². The van der Waals surface area contributed by atoms with Gasteiger partial charge in [0, 0.05) is 57.9 Å². The van der Waals surface area contributed by atoms with Crippen molar-refractivity contribution in [2.24, 2.45) is 0 Å². The first kappa shape index (κ1) is 16.4. The molecule has 2 N–H and O–H groups in total. The summed E-state index contributed by atoms with van der Waals surface area (Å²) >= 11 is 0. The normalized spacial score (nSPS) is 26.9. The molecule has 3 aliphatic heterocycles. The van der Waals surface area contributed by atoms with Gasteiger partial charge in [-0.05, 0) is 24.3 Å². The number of hydrogen-bond acceptors (Lipinski definition) is 5. The maximum Gasteiger partial charge on any atom is 0.240 e. The molecule has 126 valence electrons. The maximum atomic E-state index is 12.4. The van der Waals surface area contributed by atoms with E-state index in [1.54, 1.807) is 12.1 Å². The average molecular weight is 338 g/mol. The third-order valence-electron chi connectivity index (χ3n) is 4.39. The van der Waals surface area contributed by atoms with E-state index in [4.69, 9.17) is 0 Å². The van der Waals surface area contributed by atoms with Gasteiger partial charge in [-0.25, -0.2) is 13.1 Å². The summed E-state index contributed by atoms with van der Waals surface area (Å²) in [6.45, 7) is 6.93. The van der Waals surface area contributed by atoms with Crippen LogP contribution in [0.15, 0.2) is 29.2 Å². The lowest BCUT2D eigenvalue weighted by molar-refractivity contribution is -0.114. The van der Waals surface area contributed by atoms with Crippen LogP contribution in [0.5, 0.6) is 0 Å². The summed E-state index contributed by atoms with van der Waals surface area (Å²) in [5.41, 5.74) is 0.583. The number of amides is 1. The molecular weight excluding hydrogens is 316 g/mol. The van der Waals surface area contributed by atoms with E-state index in [9.17, 15) is 13.2 Å². The molecule has 7 nitrogen and oxygen atoms in total. The summed E-state index contributed by atoms with van der Waals surface area (Å²) in [7, 11) is -3.53. The van der Waals surface area contributed by atoms with Gasteiger partial charge < -0.3 is 5.32 Å². The van der Waals surface area contributed by atoms with E-state index in [1.165, 1.54) is 19.1 Å². The number of rotatable bonds is 5. The number of carbonyl (C=O) groups excluding carboxylic acids is 1. The van der Waals surface area contributed by atoms with Gasteiger partial charge in [0.1, 0.15) is 0 Å². The van der Waals surface area contributed by atoms with Crippen LogP contribution in [-0.4, -0.2) is 69.4 Å². The van der Waals surface area contributed by atoms with E-state index in [2.05, 4.69) is 19.8 Å². The number of nitrogens with zero attached hydrogens (tertiary/aromatic N) is 2. The molecule has 3 saturated heterocycles. The van der Waals surface area contributed by atoms with Crippen LogP contribution >= 0.6 is 0 Å². The molecular formula is C15H22N4O3S. The van der Waals surface area contributed by atoms with Gasteiger partial charge in [0.25, 0.3) is 0 Å². The van der Waals surface area contributed by atoms with E-state index in [0.29, 0.717) is 12.2 Å². The fourth-order valence-corrected chi connectivity index (χ4v) is 4.20. The van der Waals surface area contributed by atoms with Crippen LogP contribution in [0.3, 0.4) is 0 Å². The Hall–Kier alpha value is -1.48. The predicted molar refractivity (Wildman–Crippen MR) is 87.7 cm³/mol. The summed E-state index contributed by atoms with van der Waals surface area (Å²) in [5.74, 6) is -0.185. The first-order valence-corrected chi connectivity index (χ1v) is 9.26. The molecule has 2 bridgehead atoms. The van der Waals surface area contributed by atoms with Crippen LogP contribution in [-0.2, 0) is 14.8 Å². The Morgan fingerprint density at radius 1 is 1.17 bits per heavy atom. The lowest BCUT2D eigenvalue weighted by atomic mass is 10.1. The van der Waals surface area contributed by atoms with Gasteiger partial charge in [-0.3, -0.25) is 14.6 Å². The van der Waals surface area contributed by atoms with E-state index in [1.807, 2.05) is 0 Å². The van der Waals surface area contributed by atoms with Gasteiger partial charge in [-0.1, -0.05) is 0 Å². The van der Waals surface area contributed by atoms with Crippen LogP contribution < -0.4 is 10.0 Å². The zero-order chi connectivity index (χ0) is 16.4. The summed E-state index contributed by atoms with van der Waals surface area (Å²) in [6.07, 6.45) is 0. The number of hydrogen-bond donors (Lipinski definition) is 2. The summed E-state index contributed by atoms with van der Waals surface area (Å²) in [4.78, 5) is 15.9. The van der Waals surface area contributed by atoms with Gasteiger partial charge in [0.15, 0.2) is 0 Å². The van der Waals surface area contributed by atoms with Gasteiger partial charge in [0.2, 0.25) is 15.9 Å². The Morgan fingerprint density at radius 2 is 1.83 bits per heavy atom. The second-order valence-electron chi connectivity index (χ2n) is 6.05. The SMILES string of the molecule is CC(=O)Nc1ccc(S(=O)(=O)NCC2CN3CCN2CC3)cc1. The van der Waals surface area contributed by atoms with E-state index in [-0.39, 0.29) is 16.8 Å². The molecule has 0 saturated carbocycles. The van der Waals surface area contributed by atoms with Crippen LogP contribution in [0.1, 0.15) is 6.92 Å². The van der Waals surface area contributed by atoms with Crippen molar-refractivity contribution in [1.82, 2.24) is 14.5 Å².